The second-order valence-corrected chi connectivity index (χ2v) is 10.2. The molecule has 5 rings (SSSR count). The molecule has 2 heterocycles. The van der Waals surface area contributed by atoms with Gasteiger partial charge < -0.3 is 14.8 Å². The van der Waals surface area contributed by atoms with Gasteiger partial charge >= 0.3 is 6.18 Å². The first kappa shape index (κ1) is 25.1. The second-order valence-electron chi connectivity index (χ2n) is 9.26. The van der Waals surface area contributed by atoms with Crippen molar-refractivity contribution in [3.63, 3.8) is 0 Å². The number of hydrogen-bond donors (Lipinski definition) is 1. The van der Waals surface area contributed by atoms with Gasteiger partial charge in [0.2, 0.25) is 5.91 Å². The number of amides is 2. The molecule has 1 aliphatic carbocycles. The Morgan fingerprint density at radius 1 is 1.00 bits per heavy atom. The van der Waals surface area contributed by atoms with Crippen LogP contribution in [-0.2, 0) is 23.9 Å². The molecule has 2 aromatic heterocycles. The van der Waals surface area contributed by atoms with Gasteiger partial charge in [-0.2, -0.15) is 13.2 Å². The third-order valence-corrected chi connectivity index (χ3v) is 7.48. The largest absolute Gasteiger partial charge is 0.416 e. The molecule has 2 amide bonds. The van der Waals surface area contributed by atoms with Crippen molar-refractivity contribution in [2.45, 2.75) is 38.0 Å². The molecule has 192 valence electrons. The molecule has 2 aromatic carbocycles. The summed E-state index contributed by atoms with van der Waals surface area (Å²) in [6.07, 6.45) is -0.214. The molecule has 1 aliphatic rings. The van der Waals surface area contributed by atoms with Crippen LogP contribution in [0, 0.1) is 0 Å². The third-order valence-electron chi connectivity index (χ3n) is 6.62. The predicted molar refractivity (Wildman–Crippen MR) is 137 cm³/mol. The van der Waals surface area contributed by atoms with Gasteiger partial charge in [-0.05, 0) is 60.0 Å². The van der Waals surface area contributed by atoms with Crippen molar-refractivity contribution in [3.05, 3.63) is 93.8 Å². The first-order chi connectivity index (χ1) is 17.8. The zero-order valence-electron chi connectivity index (χ0n) is 20.0. The van der Waals surface area contributed by atoms with Crippen LogP contribution in [0.1, 0.15) is 39.2 Å². The minimum Gasteiger partial charge on any atom is -0.361 e. The first-order valence-corrected chi connectivity index (χ1v) is 13.0. The predicted octanol–water partition coefficient (Wildman–Crippen LogP) is 6.12. The number of para-hydroxylation sites is 1. The van der Waals surface area contributed by atoms with Gasteiger partial charge in [0.25, 0.3) is 5.91 Å². The van der Waals surface area contributed by atoms with Crippen molar-refractivity contribution < 1.29 is 22.8 Å². The van der Waals surface area contributed by atoms with Gasteiger partial charge in [0, 0.05) is 36.2 Å². The summed E-state index contributed by atoms with van der Waals surface area (Å²) in [7, 11) is 0. The Hall–Kier alpha value is -3.59. The van der Waals surface area contributed by atoms with Gasteiger partial charge in [0.05, 0.1) is 10.4 Å². The van der Waals surface area contributed by atoms with Crippen LogP contribution in [0.25, 0.3) is 10.9 Å². The lowest BCUT2D eigenvalue weighted by molar-refractivity contribution is -0.137. The van der Waals surface area contributed by atoms with Gasteiger partial charge in [-0.1, -0.05) is 36.4 Å². The minimum absolute atomic E-state index is 0.0417. The molecule has 0 atom stereocenters. The number of aromatic nitrogens is 1. The highest BCUT2D eigenvalue weighted by molar-refractivity contribution is 7.12. The molecule has 9 heteroatoms. The highest BCUT2D eigenvalue weighted by Gasteiger charge is 2.36. The maximum absolute atomic E-state index is 13.6. The molecule has 0 radical (unpaired) electrons. The average Bonchev–Trinajstić information content (AvgIpc) is 3.41. The van der Waals surface area contributed by atoms with Crippen molar-refractivity contribution >= 4 is 34.1 Å². The summed E-state index contributed by atoms with van der Waals surface area (Å²) in [5, 5.41) is 2.90. The summed E-state index contributed by atoms with van der Waals surface area (Å²) in [5.41, 5.74) is 1.92. The molecular weight excluding hydrogens is 499 g/mol. The maximum Gasteiger partial charge on any atom is 0.416 e. The summed E-state index contributed by atoms with van der Waals surface area (Å²) in [4.78, 5) is 33.7. The van der Waals surface area contributed by atoms with E-state index in [4.69, 9.17) is 0 Å². The molecule has 4 aromatic rings. The van der Waals surface area contributed by atoms with Crippen LogP contribution in [0.2, 0.25) is 0 Å². The fourth-order valence-corrected chi connectivity index (χ4v) is 5.12. The number of H-pyrrole nitrogens is 1. The number of carbonyl (C=O) groups excluding carboxylic acids is 2. The Morgan fingerprint density at radius 2 is 1.76 bits per heavy atom. The lowest BCUT2D eigenvalue weighted by atomic mass is 10.1. The molecule has 0 saturated heterocycles. The zero-order valence-corrected chi connectivity index (χ0v) is 20.8. The van der Waals surface area contributed by atoms with E-state index in [-0.39, 0.29) is 30.9 Å². The summed E-state index contributed by atoms with van der Waals surface area (Å²) >= 11 is 1.34. The molecule has 1 N–H and O–H groups in total. The Bertz CT molecular complexity index is 1380. The number of carbonyl (C=O) groups is 2. The van der Waals surface area contributed by atoms with Crippen LogP contribution in [-0.4, -0.2) is 45.7 Å². The molecule has 1 saturated carbocycles. The first-order valence-electron chi connectivity index (χ1n) is 12.1. The topological polar surface area (TPSA) is 56.4 Å². The average molecular weight is 526 g/mol. The number of aromatic amines is 1. The van der Waals surface area contributed by atoms with E-state index in [2.05, 4.69) is 4.98 Å². The lowest BCUT2D eigenvalue weighted by Crippen LogP contribution is -2.44. The Balaban J connectivity index is 1.35. The maximum atomic E-state index is 13.6. The van der Waals surface area contributed by atoms with Gasteiger partial charge in [-0.15, -0.1) is 11.3 Å². The highest BCUT2D eigenvalue weighted by Crippen LogP contribution is 2.30. The number of rotatable bonds is 9. The summed E-state index contributed by atoms with van der Waals surface area (Å²) in [6, 6.07) is 16.4. The molecule has 37 heavy (non-hydrogen) atoms. The van der Waals surface area contributed by atoms with Crippen molar-refractivity contribution in [3.8, 4) is 0 Å². The van der Waals surface area contributed by atoms with Gasteiger partial charge in [0.15, 0.2) is 0 Å². The fraction of sp³-hybridized carbons (Fsp3) is 0.286. The van der Waals surface area contributed by atoms with E-state index >= 15 is 0 Å². The standard InChI is InChI=1S/C28H26F3N3O2S/c29-28(30,31)21-9-7-19(8-10-21)17-33(14-13-20-16-32-24-5-2-1-4-23(20)24)26(35)18-34(22-11-12-22)27(36)25-6-3-15-37-25/h1-10,15-16,22,32H,11-14,17-18H2. The summed E-state index contributed by atoms with van der Waals surface area (Å²) in [5.74, 6) is -0.381. The van der Waals surface area contributed by atoms with Crippen molar-refractivity contribution in [2.75, 3.05) is 13.1 Å². The Morgan fingerprint density at radius 3 is 2.43 bits per heavy atom. The quantitative estimate of drug-likeness (QED) is 0.286. The Labute approximate surface area is 216 Å². The van der Waals surface area contributed by atoms with Crippen LogP contribution in [0.3, 0.4) is 0 Å². The van der Waals surface area contributed by atoms with Crippen LogP contribution < -0.4 is 0 Å². The number of halogens is 3. The molecular formula is C28H26F3N3O2S. The van der Waals surface area contributed by atoms with E-state index < -0.39 is 11.7 Å². The smallest absolute Gasteiger partial charge is 0.361 e. The monoisotopic (exact) mass is 525 g/mol. The molecule has 0 unspecified atom stereocenters. The molecule has 5 nitrogen and oxygen atoms in total. The van der Waals surface area contributed by atoms with E-state index in [1.807, 2.05) is 41.9 Å². The zero-order chi connectivity index (χ0) is 26.0. The third kappa shape index (κ3) is 5.88. The number of thiophene rings is 1. The van der Waals surface area contributed by atoms with E-state index in [0.717, 1.165) is 41.4 Å². The van der Waals surface area contributed by atoms with Crippen molar-refractivity contribution in [1.29, 1.82) is 0 Å². The summed E-state index contributed by atoms with van der Waals surface area (Å²) < 4.78 is 39.1. The van der Waals surface area contributed by atoms with E-state index in [9.17, 15) is 22.8 Å². The number of benzene rings is 2. The van der Waals surface area contributed by atoms with Crippen molar-refractivity contribution in [1.82, 2.24) is 14.8 Å². The second kappa shape index (κ2) is 10.4. The molecule has 0 bridgehead atoms. The van der Waals surface area contributed by atoms with Crippen LogP contribution in [0.4, 0.5) is 13.2 Å². The molecule has 1 fully saturated rings. The number of hydrogen-bond acceptors (Lipinski definition) is 3. The Kier molecular flexibility index (Phi) is 7.06. The van der Waals surface area contributed by atoms with Crippen LogP contribution >= 0.6 is 11.3 Å². The van der Waals surface area contributed by atoms with Crippen molar-refractivity contribution in [2.24, 2.45) is 0 Å². The number of alkyl halides is 3. The lowest BCUT2D eigenvalue weighted by Gasteiger charge is -2.28. The summed E-state index contributed by atoms with van der Waals surface area (Å²) in [6.45, 7) is 0.467. The van der Waals surface area contributed by atoms with Gasteiger partial charge in [-0.3, -0.25) is 9.59 Å². The van der Waals surface area contributed by atoms with Gasteiger partial charge in [-0.25, -0.2) is 0 Å². The van der Waals surface area contributed by atoms with E-state index in [1.165, 1.54) is 23.5 Å². The van der Waals surface area contributed by atoms with Gasteiger partial charge in [0.1, 0.15) is 6.54 Å². The molecule has 0 aliphatic heterocycles. The molecule has 0 spiro atoms. The minimum atomic E-state index is -4.42. The van der Waals surface area contributed by atoms with E-state index in [1.54, 1.807) is 15.9 Å². The number of nitrogens with zero attached hydrogens (tertiary/aromatic N) is 2. The highest BCUT2D eigenvalue weighted by atomic mass is 32.1. The normalized spacial score (nSPS) is 13.6. The number of fused-ring (bicyclic) bond motifs is 1. The number of nitrogens with one attached hydrogen (secondary N) is 1. The SMILES string of the molecule is O=C(CN(C(=O)c1cccs1)C1CC1)N(CCc1c[nH]c2ccccc12)Cc1ccc(C(F)(F)F)cc1. The van der Waals surface area contributed by atoms with Crippen LogP contribution in [0.5, 0.6) is 0 Å². The fourth-order valence-electron chi connectivity index (χ4n) is 4.45. The van der Waals surface area contributed by atoms with E-state index in [0.29, 0.717) is 23.4 Å². The van der Waals surface area contributed by atoms with Crippen LogP contribution in [0.15, 0.2) is 72.2 Å².